The summed E-state index contributed by atoms with van der Waals surface area (Å²) in [6, 6.07) is 0. The molecule has 158 valence electrons. The Morgan fingerprint density at radius 2 is 1.68 bits per heavy atom. The van der Waals surface area contributed by atoms with E-state index in [1.165, 1.54) is 25.7 Å². The summed E-state index contributed by atoms with van der Waals surface area (Å²) in [7, 11) is 0. The van der Waals surface area contributed by atoms with Crippen LogP contribution >= 0.6 is 23.5 Å². The van der Waals surface area contributed by atoms with E-state index < -0.39 is 11.9 Å². The number of hydrogen-bond acceptors (Lipinski definition) is 8. The molecule has 28 heavy (non-hydrogen) atoms. The predicted octanol–water partition coefficient (Wildman–Crippen LogP) is 3.38. The van der Waals surface area contributed by atoms with Gasteiger partial charge in [-0.15, -0.1) is 0 Å². The molecule has 0 amide bonds. The fraction of sp³-hybridized carbons (Fsp3) is 0.750. The molecule has 2 rings (SSSR count). The number of carbonyl (C=O) groups excluding carboxylic acids is 3. The van der Waals surface area contributed by atoms with Gasteiger partial charge in [-0.1, -0.05) is 19.4 Å². The van der Waals surface area contributed by atoms with Crippen molar-refractivity contribution in [1.82, 2.24) is 0 Å². The van der Waals surface area contributed by atoms with Crippen LogP contribution in [0.4, 0.5) is 0 Å². The summed E-state index contributed by atoms with van der Waals surface area (Å²) in [6.07, 6.45) is 5.11. The first-order valence-corrected chi connectivity index (χ1v) is 12.0. The van der Waals surface area contributed by atoms with E-state index in [-0.39, 0.29) is 38.1 Å². The van der Waals surface area contributed by atoms with E-state index in [1.54, 1.807) is 6.92 Å². The summed E-state index contributed by atoms with van der Waals surface area (Å²) < 4.78 is 15.3. The van der Waals surface area contributed by atoms with E-state index in [2.05, 4.69) is 6.58 Å². The van der Waals surface area contributed by atoms with Gasteiger partial charge in [0.25, 0.3) is 0 Å². The van der Waals surface area contributed by atoms with Crippen molar-refractivity contribution >= 4 is 41.4 Å². The number of thioether (sulfide) groups is 2. The van der Waals surface area contributed by atoms with Crippen molar-refractivity contribution in [3.8, 4) is 0 Å². The van der Waals surface area contributed by atoms with Crippen molar-refractivity contribution in [2.45, 2.75) is 56.8 Å². The Labute approximate surface area is 175 Å². The van der Waals surface area contributed by atoms with Gasteiger partial charge in [0.15, 0.2) is 0 Å². The summed E-state index contributed by atoms with van der Waals surface area (Å²) in [4.78, 5) is 34.9. The maximum Gasteiger partial charge on any atom is 0.333 e. The minimum absolute atomic E-state index is 0.00226. The molecule has 8 heteroatoms. The Morgan fingerprint density at radius 1 is 0.964 bits per heavy atom. The Morgan fingerprint density at radius 3 is 2.46 bits per heavy atom. The van der Waals surface area contributed by atoms with Crippen LogP contribution in [0.2, 0.25) is 0 Å². The molecular formula is C20H30O6S2. The molecule has 0 aromatic carbocycles. The SMILES string of the molecule is C=C(C)C(=O)OCCOC(=O)CCC(=O)OC1CSCC2CCCCC2SC1. The molecule has 1 aliphatic heterocycles. The molecule has 1 saturated heterocycles. The van der Waals surface area contributed by atoms with Crippen LogP contribution in [0.15, 0.2) is 12.2 Å². The second-order valence-corrected chi connectivity index (χ2v) is 9.55. The van der Waals surface area contributed by atoms with Crippen LogP contribution in [-0.4, -0.2) is 59.7 Å². The van der Waals surface area contributed by atoms with Gasteiger partial charge in [-0.3, -0.25) is 9.59 Å². The number of carbonyl (C=O) groups is 3. The second-order valence-electron chi connectivity index (χ2n) is 7.20. The molecule has 0 N–H and O–H groups in total. The summed E-state index contributed by atoms with van der Waals surface area (Å²) >= 11 is 3.82. The molecule has 2 fully saturated rings. The summed E-state index contributed by atoms with van der Waals surface area (Å²) in [5.74, 6) is 2.21. The quantitative estimate of drug-likeness (QED) is 0.251. The smallest absolute Gasteiger partial charge is 0.333 e. The third-order valence-electron chi connectivity index (χ3n) is 4.73. The lowest BCUT2D eigenvalue weighted by atomic mass is 9.90. The molecule has 1 saturated carbocycles. The molecule has 0 spiro atoms. The number of ether oxygens (including phenoxy) is 3. The highest BCUT2D eigenvalue weighted by Crippen LogP contribution is 2.38. The maximum atomic E-state index is 12.1. The number of fused-ring (bicyclic) bond motifs is 1. The van der Waals surface area contributed by atoms with E-state index in [1.807, 2.05) is 23.5 Å². The highest BCUT2D eigenvalue weighted by Gasteiger charge is 2.29. The molecule has 0 aromatic rings. The van der Waals surface area contributed by atoms with Crippen molar-refractivity contribution in [3.63, 3.8) is 0 Å². The largest absolute Gasteiger partial charge is 0.462 e. The standard InChI is InChI=1S/C20H30O6S2/c1-14(2)20(23)25-10-9-24-18(21)7-8-19(22)26-16-12-27-11-15-5-3-4-6-17(15)28-13-16/h15-17H,1,3-13H2,2H3. The average molecular weight is 431 g/mol. The van der Waals surface area contributed by atoms with Crippen molar-refractivity contribution in [2.24, 2.45) is 5.92 Å². The van der Waals surface area contributed by atoms with Crippen molar-refractivity contribution in [2.75, 3.05) is 30.5 Å². The molecule has 3 atom stereocenters. The van der Waals surface area contributed by atoms with Gasteiger partial charge in [0, 0.05) is 22.3 Å². The zero-order valence-corrected chi connectivity index (χ0v) is 18.1. The molecular weight excluding hydrogens is 400 g/mol. The van der Waals surface area contributed by atoms with Crippen LogP contribution < -0.4 is 0 Å². The predicted molar refractivity (Wildman–Crippen MR) is 111 cm³/mol. The first kappa shape index (κ1) is 23.1. The number of esters is 3. The molecule has 6 nitrogen and oxygen atoms in total. The van der Waals surface area contributed by atoms with E-state index in [0.29, 0.717) is 10.8 Å². The maximum absolute atomic E-state index is 12.1. The second kappa shape index (κ2) is 12.4. The topological polar surface area (TPSA) is 78.9 Å². The van der Waals surface area contributed by atoms with Gasteiger partial charge in [0.1, 0.15) is 19.3 Å². The zero-order valence-electron chi connectivity index (χ0n) is 16.5. The Hall–Kier alpha value is -1.15. The van der Waals surface area contributed by atoms with E-state index in [9.17, 15) is 14.4 Å². The lowest BCUT2D eigenvalue weighted by Gasteiger charge is -2.34. The first-order valence-electron chi connectivity index (χ1n) is 9.82. The lowest BCUT2D eigenvalue weighted by Crippen LogP contribution is -2.32. The van der Waals surface area contributed by atoms with Crippen LogP contribution in [0.3, 0.4) is 0 Å². The fourth-order valence-electron chi connectivity index (χ4n) is 3.22. The number of rotatable bonds is 8. The Balaban J connectivity index is 1.59. The Bertz CT molecular complexity index is 565. The summed E-state index contributed by atoms with van der Waals surface area (Å²) in [6.45, 7) is 4.94. The molecule has 0 bridgehead atoms. The van der Waals surface area contributed by atoms with Gasteiger partial charge >= 0.3 is 17.9 Å². The van der Waals surface area contributed by atoms with Gasteiger partial charge < -0.3 is 14.2 Å². The monoisotopic (exact) mass is 430 g/mol. The fourth-order valence-corrected chi connectivity index (χ4v) is 6.26. The minimum Gasteiger partial charge on any atom is -0.462 e. The zero-order chi connectivity index (χ0) is 20.4. The third-order valence-corrected chi connectivity index (χ3v) is 7.61. The molecule has 1 heterocycles. The van der Waals surface area contributed by atoms with E-state index >= 15 is 0 Å². The summed E-state index contributed by atoms with van der Waals surface area (Å²) in [5.41, 5.74) is 0.290. The first-order chi connectivity index (χ1) is 13.5. The molecule has 0 aromatic heterocycles. The van der Waals surface area contributed by atoms with E-state index in [4.69, 9.17) is 14.2 Å². The highest BCUT2D eigenvalue weighted by atomic mass is 32.2. The van der Waals surface area contributed by atoms with Crippen LogP contribution in [-0.2, 0) is 28.6 Å². The van der Waals surface area contributed by atoms with Crippen molar-refractivity contribution < 1.29 is 28.6 Å². The highest BCUT2D eigenvalue weighted by molar-refractivity contribution is 8.01. The number of hydrogen-bond donors (Lipinski definition) is 0. The van der Waals surface area contributed by atoms with Crippen LogP contribution in [0, 0.1) is 5.92 Å². The normalized spacial score (nSPS) is 24.8. The van der Waals surface area contributed by atoms with Crippen LogP contribution in [0.5, 0.6) is 0 Å². The third kappa shape index (κ3) is 8.47. The van der Waals surface area contributed by atoms with Crippen molar-refractivity contribution in [3.05, 3.63) is 12.2 Å². The van der Waals surface area contributed by atoms with Crippen molar-refractivity contribution in [1.29, 1.82) is 0 Å². The lowest BCUT2D eigenvalue weighted by molar-refractivity contribution is -0.154. The molecule has 1 aliphatic carbocycles. The van der Waals surface area contributed by atoms with Gasteiger partial charge in [-0.25, -0.2) is 4.79 Å². The van der Waals surface area contributed by atoms with Gasteiger partial charge in [-0.05, 0) is 31.4 Å². The Kier molecular flexibility index (Phi) is 10.3. The average Bonchev–Trinajstić information content (AvgIpc) is 2.66. The van der Waals surface area contributed by atoms with Gasteiger partial charge in [0.05, 0.1) is 12.8 Å². The van der Waals surface area contributed by atoms with Crippen LogP contribution in [0.1, 0.15) is 45.4 Å². The molecule has 2 aliphatic rings. The molecule has 0 radical (unpaired) electrons. The van der Waals surface area contributed by atoms with E-state index in [0.717, 1.165) is 23.2 Å². The summed E-state index contributed by atoms with van der Waals surface area (Å²) in [5, 5.41) is 0.691. The minimum atomic E-state index is -0.519. The molecule has 3 unspecified atom stereocenters. The van der Waals surface area contributed by atoms with Gasteiger partial charge in [0.2, 0.25) is 0 Å². The van der Waals surface area contributed by atoms with Gasteiger partial charge in [-0.2, -0.15) is 23.5 Å². The van der Waals surface area contributed by atoms with Crippen LogP contribution in [0.25, 0.3) is 0 Å².